The Morgan fingerprint density at radius 1 is 1.48 bits per heavy atom. The van der Waals surface area contributed by atoms with E-state index >= 15 is 0 Å². The summed E-state index contributed by atoms with van der Waals surface area (Å²) in [6.07, 6.45) is 1.32. The summed E-state index contributed by atoms with van der Waals surface area (Å²) in [7, 11) is -2.14. The van der Waals surface area contributed by atoms with Gasteiger partial charge in [0.25, 0.3) is 5.91 Å². The molecule has 0 aromatic heterocycles. The molecule has 0 saturated carbocycles. The predicted molar refractivity (Wildman–Crippen MR) is 78.5 cm³/mol. The van der Waals surface area contributed by atoms with E-state index in [-0.39, 0.29) is 16.8 Å². The van der Waals surface area contributed by atoms with Gasteiger partial charge in [-0.1, -0.05) is 13.0 Å². The average molecular weight is 312 g/mol. The van der Waals surface area contributed by atoms with Crippen LogP contribution in [0.3, 0.4) is 0 Å². The molecule has 1 fully saturated rings. The lowest BCUT2D eigenvalue weighted by Crippen LogP contribution is -2.37. The van der Waals surface area contributed by atoms with Crippen molar-refractivity contribution in [2.45, 2.75) is 30.7 Å². The number of likely N-dealkylation sites (N-methyl/N-ethyl adjacent to an activating group) is 1. The van der Waals surface area contributed by atoms with Gasteiger partial charge in [-0.15, -0.1) is 0 Å². The molecule has 1 aliphatic heterocycles. The maximum atomic E-state index is 12.4. The number of amides is 1. The summed E-state index contributed by atoms with van der Waals surface area (Å²) in [5, 5.41) is 5.23. The number of carbonyl (C=O) groups is 1. The topological polar surface area (TPSA) is 89.7 Å². The molecule has 7 heteroatoms. The van der Waals surface area contributed by atoms with Gasteiger partial charge in [0, 0.05) is 19.2 Å². The van der Waals surface area contributed by atoms with Gasteiger partial charge in [-0.25, -0.2) is 13.6 Å². The van der Waals surface area contributed by atoms with Crippen molar-refractivity contribution in [3.05, 3.63) is 29.3 Å². The lowest BCUT2D eigenvalue weighted by molar-refractivity contribution is 0.0711. The number of hydrogen-bond acceptors (Lipinski definition) is 4. The summed E-state index contributed by atoms with van der Waals surface area (Å²) >= 11 is 0. The van der Waals surface area contributed by atoms with Crippen LogP contribution in [0.2, 0.25) is 0 Å². The number of sulfonamides is 1. The number of nitrogens with zero attached hydrogens (tertiary/aromatic N) is 1. The van der Waals surface area contributed by atoms with Crippen LogP contribution in [0, 0.1) is 0 Å². The van der Waals surface area contributed by atoms with E-state index in [1.807, 2.05) is 6.92 Å². The van der Waals surface area contributed by atoms with Crippen molar-refractivity contribution in [3.63, 3.8) is 0 Å². The second-order valence-electron chi connectivity index (χ2n) is 5.15. The minimum atomic E-state index is -3.84. The van der Waals surface area contributed by atoms with Crippen LogP contribution in [-0.2, 0) is 21.2 Å². The number of hydrogen-bond donors (Lipinski definition) is 1. The second kappa shape index (κ2) is 6.13. The normalized spacial score (nSPS) is 18.7. The van der Waals surface area contributed by atoms with Crippen LogP contribution in [0.25, 0.3) is 0 Å². The maximum Gasteiger partial charge on any atom is 0.253 e. The molecule has 1 aromatic carbocycles. The molecule has 1 aliphatic rings. The van der Waals surface area contributed by atoms with Crippen molar-refractivity contribution < 1.29 is 17.9 Å². The van der Waals surface area contributed by atoms with Crippen LogP contribution in [0.1, 0.15) is 29.3 Å². The van der Waals surface area contributed by atoms with Crippen LogP contribution >= 0.6 is 0 Å². The summed E-state index contributed by atoms with van der Waals surface area (Å²) in [4.78, 5) is 14.1. The van der Waals surface area contributed by atoms with E-state index in [0.29, 0.717) is 30.8 Å². The highest BCUT2D eigenvalue weighted by molar-refractivity contribution is 7.89. The van der Waals surface area contributed by atoms with Gasteiger partial charge in [-0.2, -0.15) is 0 Å². The number of aryl methyl sites for hydroxylation is 1. The Hall–Kier alpha value is -1.44. The second-order valence-corrected chi connectivity index (χ2v) is 6.68. The van der Waals surface area contributed by atoms with E-state index in [4.69, 9.17) is 9.88 Å². The van der Waals surface area contributed by atoms with Crippen molar-refractivity contribution in [3.8, 4) is 0 Å². The van der Waals surface area contributed by atoms with Crippen LogP contribution in [0.15, 0.2) is 23.1 Å². The highest BCUT2D eigenvalue weighted by Gasteiger charge is 2.26. The van der Waals surface area contributed by atoms with Gasteiger partial charge in [0.2, 0.25) is 10.0 Å². The number of rotatable bonds is 4. The number of benzene rings is 1. The third-order valence-corrected chi connectivity index (χ3v) is 4.77. The number of ether oxygens (including phenoxy) is 1. The molecule has 1 heterocycles. The monoisotopic (exact) mass is 312 g/mol. The summed E-state index contributed by atoms with van der Waals surface area (Å²) in [6.45, 7) is 2.99. The Bertz CT molecular complexity index is 636. The average Bonchev–Trinajstić information content (AvgIpc) is 2.98. The molecule has 1 saturated heterocycles. The first-order valence-electron chi connectivity index (χ1n) is 6.85. The largest absolute Gasteiger partial charge is 0.379 e. The minimum Gasteiger partial charge on any atom is -0.379 e. The molecular weight excluding hydrogens is 292 g/mol. The third-order valence-electron chi connectivity index (χ3n) is 3.78. The fourth-order valence-electron chi connectivity index (χ4n) is 2.44. The molecule has 2 N–H and O–H groups in total. The van der Waals surface area contributed by atoms with Crippen molar-refractivity contribution in [2.24, 2.45) is 5.14 Å². The summed E-state index contributed by atoms with van der Waals surface area (Å²) in [6, 6.07) is 4.68. The first-order chi connectivity index (χ1) is 9.84. The van der Waals surface area contributed by atoms with Crippen LogP contribution < -0.4 is 5.14 Å². The van der Waals surface area contributed by atoms with Crippen molar-refractivity contribution in [1.29, 1.82) is 0 Å². The molecule has 1 atom stereocenters. The molecule has 21 heavy (non-hydrogen) atoms. The molecule has 2 rings (SSSR count). The van der Waals surface area contributed by atoms with Crippen LogP contribution in [0.5, 0.6) is 0 Å². The first kappa shape index (κ1) is 15.9. The molecule has 0 aliphatic carbocycles. The summed E-state index contributed by atoms with van der Waals surface area (Å²) in [5.41, 5.74) is 0.937. The molecule has 0 bridgehead atoms. The number of carbonyl (C=O) groups excluding carboxylic acids is 1. The number of primary sulfonamides is 1. The molecule has 1 aromatic rings. The van der Waals surface area contributed by atoms with Crippen molar-refractivity contribution >= 4 is 15.9 Å². The van der Waals surface area contributed by atoms with Crippen LogP contribution in [-0.4, -0.2) is 45.5 Å². The Morgan fingerprint density at radius 2 is 2.19 bits per heavy atom. The van der Waals surface area contributed by atoms with Gasteiger partial charge in [-0.05, 0) is 30.5 Å². The Kier molecular flexibility index (Phi) is 4.65. The highest BCUT2D eigenvalue weighted by Crippen LogP contribution is 2.20. The van der Waals surface area contributed by atoms with Crippen LogP contribution in [0.4, 0.5) is 0 Å². The lowest BCUT2D eigenvalue weighted by Gasteiger charge is -2.23. The Labute approximate surface area is 124 Å². The van der Waals surface area contributed by atoms with E-state index in [1.165, 1.54) is 6.07 Å². The highest BCUT2D eigenvalue weighted by atomic mass is 32.2. The fraction of sp³-hybridized carbons (Fsp3) is 0.500. The van der Waals surface area contributed by atoms with E-state index < -0.39 is 10.0 Å². The Balaban J connectivity index is 2.33. The van der Waals surface area contributed by atoms with Gasteiger partial charge < -0.3 is 9.64 Å². The van der Waals surface area contributed by atoms with Crippen molar-refractivity contribution in [1.82, 2.24) is 4.90 Å². The molecule has 1 amide bonds. The Morgan fingerprint density at radius 3 is 2.71 bits per heavy atom. The van der Waals surface area contributed by atoms with E-state index in [2.05, 4.69) is 0 Å². The zero-order chi connectivity index (χ0) is 15.6. The van der Waals surface area contributed by atoms with E-state index in [0.717, 1.165) is 6.42 Å². The van der Waals surface area contributed by atoms with Gasteiger partial charge in [0.15, 0.2) is 0 Å². The van der Waals surface area contributed by atoms with Gasteiger partial charge in [0.05, 0.1) is 17.5 Å². The predicted octanol–water partition coefficient (Wildman–Crippen LogP) is 0.757. The van der Waals surface area contributed by atoms with Gasteiger partial charge >= 0.3 is 0 Å². The fourth-order valence-corrected chi connectivity index (χ4v) is 3.31. The molecular formula is C14H20N2O4S. The van der Waals surface area contributed by atoms with Gasteiger partial charge in [-0.3, -0.25) is 4.79 Å². The smallest absolute Gasteiger partial charge is 0.253 e. The summed E-state index contributed by atoms with van der Waals surface area (Å²) in [5.74, 6) is -0.224. The maximum absolute atomic E-state index is 12.4. The molecule has 0 radical (unpaired) electrons. The molecule has 6 nitrogen and oxygen atoms in total. The zero-order valence-electron chi connectivity index (χ0n) is 12.2. The SMILES string of the molecule is CCc1ccc(C(=O)N(C)C2CCOC2)cc1S(N)(=O)=O. The molecule has 1 unspecified atom stereocenters. The van der Waals surface area contributed by atoms with E-state index in [9.17, 15) is 13.2 Å². The van der Waals surface area contributed by atoms with Crippen molar-refractivity contribution in [2.75, 3.05) is 20.3 Å². The molecule has 0 spiro atoms. The zero-order valence-corrected chi connectivity index (χ0v) is 13.0. The minimum absolute atomic E-state index is 0.0203. The quantitative estimate of drug-likeness (QED) is 0.888. The lowest BCUT2D eigenvalue weighted by atomic mass is 10.1. The summed E-state index contributed by atoms with van der Waals surface area (Å²) < 4.78 is 28.6. The molecule has 116 valence electrons. The van der Waals surface area contributed by atoms with Gasteiger partial charge in [0.1, 0.15) is 0 Å². The first-order valence-corrected chi connectivity index (χ1v) is 8.40. The van der Waals surface area contributed by atoms with E-state index in [1.54, 1.807) is 24.1 Å². The third kappa shape index (κ3) is 3.42. The number of nitrogens with two attached hydrogens (primary N) is 1. The standard InChI is InChI=1S/C14H20N2O4S/c1-3-10-4-5-11(8-13(10)21(15,18)19)14(17)16(2)12-6-7-20-9-12/h4-5,8,12H,3,6-7,9H2,1-2H3,(H2,15,18,19).